The van der Waals surface area contributed by atoms with Gasteiger partial charge >= 0.3 is 0 Å². The Morgan fingerprint density at radius 3 is 2.62 bits per heavy atom. The molecule has 5 nitrogen and oxygen atoms in total. The van der Waals surface area contributed by atoms with E-state index in [2.05, 4.69) is 10.2 Å². The third kappa shape index (κ3) is 5.83. The molecule has 0 aromatic heterocycles. The predicted molar refractivity (Wildman–Crippen MR) is 83.5 cm³/mol. The summed E-state index contributed by atoms with van der Waals surface area (Å²) in [4.78, 5) is 2.38. The highest BCUT2D eigenvalue weighted by molar-refractivity contribution is 4.85. The van der Waals surface area contributed by atoms with Crippen LogP contribution in [0.1, 0.15) is 32.6 Å². The number of likely N-dealkylation sites (tertiary alicyclic amines) is 1. The highest BCUT2D eigenvalue weighted by atomic mass is 16.5. The molecule has 2 fully saturated rings. The Morgan fingerprint density at radius 2 is 2.00 bits per heavy atom. The molecule has 0 aliphatic carbocycles. The number of piperidine rings is 1. The summed E-state index contributed by atoms with van der Waals surface area (Å²) in [6.45, 7) is 7.07. The Balaban J connectivity index is 1.59. The highest BCUT2D eigenvalue weighted by Gasteiger charge is 2.28. The maximum absolute atomic E-state index is 10.1. The van der Waals surface area contributed by atoms with Crippen molar-refractivity contribution < 1.29 is 14.6 Å². The van der Waals surface area contributed by atoms with Crippen molar-refractivity contribution in [1.29, 1.82) is 0 Å². The zero-order valence-electron chi connectivity index (χ0n) is 13.6. The molecule has 5 heteroatoms. The van der Waals surface area contributed by atoms with E-state index in [0.29, 0.717) is 13.2 Å². The number of nitrogens with one attached hydrogen (secondary N) is 1. The van der Waals surface area contributed by atoms with Crippen LogP contribution in [0.2, 0.25) is 0 Å². The number of ether oxygens (including phenoxy) is 2. The van der Waals surface area contributed by atoms with Gasteiger partial charge in [-0.05, 0) is 58.2 Å². The van der Waals surface area contributed by atoms with Crippen LogP contribution in [0.4, 0.5) is 0 Å². The van der Waals surface area contributed by atoms with Crippen molar-refractivity contribution in [2.24, 2.45) is 5.92 Å². The molecular weight excluding hydrogens is 268 g/mol. The van der Waals surface area contributed by atoms with Crippen LogP contribution >= 0.6 is 0 Å². The quantitative estimate of drug-likeness (QED) is 0.696. The Bertz CT molecular complexity index is 277. The second kappa shape index (κ2) is 9.06. The van der Waals surface area contributed by atoms with Gasteiger partial charge in [-0.15, -0.1) is 0 Å². The summed E-state index contributed by atoms with van der Waals surface area (Å²) in [6, 6.07) is 0.746. The van der Waals surface area contributed by atoms with E-state index in [0.717, 1.165) is 31.6 Å². The van der Waals surface area contributed by atoms with E-state index in [1.807, 2.05) is 6.92 Å². The summed E-state index contributed by atoms with van der Waals surface area (Å²) in [5.41, 5.74) is 0. The number of rotatable bonds is 8. The molecule has 2 rings (SSSR count). The Hall–Kier alpha value is -0.200. The van der Waals surface area contributed by atoms with Gasteiger partial charge < -0.3 is 24.8 Å². The van der Waals surface area contributed by atoms with Crippen molar-refractivity contribution >= 4 is 0 Å². The first-order chi connectivity index (χ1) is 10.2. The van der Waals surface area contributed by atoms with Crippen LogP contribution in [0.15, 0.2) is 0 Å². The van der Waals surface area contributed by atoms with E-state index in [-0.39, 0.29) is 6.10 Å². The fourth-order valence-electron chi connectivity index (χ4n) is 3.56. The van der Waals surface area contributed by atoms with Crippen molar-refractivity contribution in [3.63, 3.8) is 0 Å². The molecule has 21 heavy (non-hydrogen) atoms. The zero-order chi connectivity index (χ0) is 15.1. The first kappa shape index (κ1) is 17.2. The number of nitrogens with zero attached hydrogens (tertiary/aromatic N) is 1. The standard InChI is InChI=1S/C16H32N2O3/c1-13(11-20-2)21-12-15(19)10-18-8-5-14(6-9-18)16-4-3-7-17-16/h13-17,19H,3-12H2,1-2H3. The van der Waals surface area contributed by atoms with Crippen LogP contribution in [0.25, 0.3) is 0 Å². The van der Waals surface area contributed by atoms with Gasteiger partial charge in [0.15, 0.2) is 0 Å². The van der Waals surface area contributed by atoms with E-state index in [4.69, 9.17) is 9.47 Å². The average molecular weight is 300 g/mol. The molecule has 0 aromatic rings. The highest BCUT2D eigenvalue weighted by Crippen LogP contribution is 2.25. The van der Waals surface area contributed by atoms with Gasteiger partial charge in [0.2, 0.25) is 0 Å². The maximum atomic E-state index is 10.1. The van der Waals surface area contributed by atoms with Gasteiger partial charge in [0.05, 0.1) is 25.4 Å². The van der Waals surface area contributed by atoms with Crippen molar-refractivity contribution in [2.75, 3.05) is 46.5 Å². The van der Waals surface area contributed by atoms with Crippen molar-refractivity contribution in [1.82, 2.24) is 10.2 Å². The van der Waals surface area contributed by atoms with Crippen LogP contribution in [-0.4, -0.2) is 74.8 Å². The summed E-state index contributed by atoms with van der Waals surface area (Å²) in [7, 11) is 1.67. The fourth-order valence-corrected chi connectivity index (χ4v) is 3.56. The summed E-state index contributed by atoms with van der Waals surface area (Å²) in [5.74, 6) is 0.832. The van der Waals surface area contributed by atoms with Crippen LogP contribution in [-0.2, 0) is 9.47 Å². The third-order valence-corrected chi connectivity index (χ3v) is 4.74. The molecular formula is C16H32N2O3. The lowest BCUT2D eigenvalue weighted by molar-refractivity contribution is -0.0420. The van der Waals surface area contributed by atoms with Gasteiger partial charge in [-0.2, -0.15) is 0 Å². The normalized spacial score (nSPS) is 27.9. The second-order valence-corrected chi connectivity index (χ2v) is 6.59. The van der Waals surface area contributed by atoms with Crippen LogP contribution in [0, 0.1) is 5.92 Å². The smallest absolute Gasteiger partial charge is 0.0900 e. The molecule has 0 radical (unpaired) electrons. The first-order valence-electron chi connectivity index (χ1n) is 8.43. The lowest BCUT2D eigenvalue weighted by atomic mass is 9.88. The predicted octanol–water partition coefficient (Wildman–Crippen LogP) is 0.863. The molecule has 2 N–H and O–H groups in total. The van der Waals surface area contributed by atoms with Gasteiger partial charge in [0, 0.05) is 19.7 Å². The first-order valence-corrected chi connectivity index (χ1v) is 8.43. The molecule has 0 saturated carbocycles. The van der Waals surface area contributed by atoms with E-state index in [1.165, 1.54) is 32.2 Å². The van der Waals surface area contributed by atoms with E-state index >= 15 is 0 Å². The number of aliphatic hydroxyl groups excluding tert-OH is 1. The number of methoxy groups -OCH3 is 1. The number of hydrogen-bond acceptors (Lipinski definition) is 5. The largest absolute Gasteiger partial charge is 0.389 e. The monoisotopic (exact) mass is 300 g/mol. The molecule has 3 unspecified atom stereocenters. The minimum absolute atomic E-state index is 0.0452. The Kier molecular flexibility index (Phi) is 7.40. The van der Waals surface area contributed by atoms with Gasteiger partial charge in [-0.25, -0.2) is 0 Å². The minimum Gasteiger partial charge on any atom is -0.389 e. The molecule has 0 aromatic carbocycles. The second-order valence-electron chi connectivity index (χ2n) is 6.59. The van der Waals surface area contributed by atoms with E-state index in [9.17, 15) is 5.11 Å². The molecule has 0 bridgehead atoms. The van der Waals surface area contributed by atoms with Gasteiger partial charge in [0.1, 0.15) is 0 Å². The SMILES string of the molecule is COCC(C)OCC(O)CN1CCC(C2CCCN2)CC1. The molecule has 2 heterocycles. The summed E-state index contributed by atoms with van der Waals surface area (Å²) in [5, 5.41) is 13.7. The molecule has 0 amide bonds. The van der Waals surface area contributed by atoms with Crippen LogP contribution in [0.5, 0.6) is 0 Å². The number of aliphatic hydroxyl groups is 1. The lowest BCUT2D eigenvalue weighted by Crippen LogP contribution is -2.44. The summed E-state index contributed by atoms with van der Waals surface area (Å²) < 4.78 is 10.6. The van der Waals surface area contributed by atoms with Crippen molar-refractivity contribution in [2.45, 2.75) is 50.9 Å². The van der Waals surface area contributed by atoms with Crippen molar-refractivity contribution in [3.05, 3.63) is 0 Å². The molecule has 2 aliphatic rings. The van der Waals surface area contributed by atoms with Gasteiger partial charge in [-0.3, -0.25) is 0 Å². The molecule has 2 saturated heterocycles. The topological polar surface area (TPSA) is 54.0 Å². The van der Waals surface area contributed by atoms with E-state index < -0.39 is 6.10 Å². The molecule has 3 atom stereocenters. The minimum atomic E-state index is -0.398. The molecule has 2 aliphatic heterocycles. The van der Waals surface area contributed by atoms with Crippen LogP contribution < -0.4 is 5.32 Å². The maximum Gasteiger partial charge on any atom is 0.0900 e. The summed E-state index contributed by atoms with van der Waals surface area (Å²) in [6.07, 6.45) is 4.84. The third-order valence-electron chi connectivity index (χ3n) is 4.74. The zero-order valence-corrected chi connectivity index (χ0v) is 13.6. The summed E-state index contributed by atoms with van der Waals surface area (Å²) >= 11 is 0. The number of β-amino-alcohol motifs (C(OH)–C–C–N with tert-alkyl or cyclic N) is 1. The number of hydrogen-bond donors (Lipinski definition) is 2. The van der Waals surface area contributed by atoms with E-state index in [1.54, 1.807) is 7.11 Å². The van der Waals surface area contributed by atoms with Crippen molar-refractivity contribution in [3.8, 4) is 0 Å². The lowest BCUT2D eigenvalue weighted by Gasteiger charge is -2.35. The van der Waals surface area contributed by atoms with Gasteiger partial charge in [-0.1, -0.05) is 0 Å². The molecule has 0 spiro atoms. The molecule has 124 valence electrons. The Morgan fingerprint density at radius 1 is 1.24 bits per heavy atom. The van der Waals surface area contributed by atoms with Crippen LogP contribution in [0.3, 0.4) is 0 Å². The van der Waals surface area contributed by atoms with Gasteiger partial charge in [0.25, 0.3) is 0 Å². The fraction of sp³-hybridized carbons (Fsp3) is 1.00. The average Bonchev–Trinajstić information content (AvgIpc) is 3.00. The Labute approximate surface area is 129 Å².